The topological polar surface area (TPSA) is 116 Å². The maximum Gasteiger partial charge on any atom is 0.159 e. The number of hydrogen-bond acceptors (Lipinski definition) is 7. The Labute approximate surface area is 234 Å². The highest BCUT2D eigenvalue weighted by molar-refractivity contribution is 5.95. The number of ether oxygens (including phenoxy) is 2. The quantitative estimate of drug-likeness (QED) is 0.391. The van der Waals surface area contributed by atoms with Gasteiger partial charge in [-0.3, -0.25) is 4.79 Å². The summed E-state index contributed by atoms with van der Waals surface area (Å²) >= 11 is 0. The molecule has 7 nitrogen and oxygen atoms in total. The molecule has 39 heavy (non-hydrogen) atoms. The van der Waals surface area contributed by atoms with E-state index in [1.165, 1.54) is 0 Å². The molecule has 11 atom stereocenters. The van der Waals surface area contributed by atoms with Gasteiger partial charge in [-0.15, -0.1) is 0 Å². The summed E-state index contributed by atoms with van der Waals surface area (Å²) in [4.78, 5) is 13.5. The van der Waals surface area contributed by atoms with Gasteiger partial charge in [0.1, 0.15) is 0 Å². The molecule has 0 unspecified atom stereocenters. The molecule has 4 aliphatic carbocycles. The van der Waals surface area contributed by atoms with Crippen LogP contribution >= 0.6 is 0 Å². The van der Waals surface area contributed by atoms with Crippen LogP contribution in [0.1, 0.15) is 106 Å². The number of hydrogen-bond donors (Lipinski definition) is 4. The predicted octanol–water partition coefficient (Wildman–Crippen LogP) is 4.29. The highest BCUT2D eigenvalue weighted by Gasteiger charge is 2.70. The number of rotatable bonds is 6. The van der Waals surface area contributed by atoms with Crippen LogP contribution in [0.4, 0.5) is 0 Å². The Morgan fingerprint density at radius 1 is 1.08 bits per heavy atom. The van der Waals surface area contributed by atoms with Crippen LogP contribution in [-0.2, 0) is 14.3 Å². The van der Waals surface area contributed by atoms with Gasteiger partial charge in [-0.2, -0.15) is 0 Å². The van der Waals surface area contributed by atoms with Crippen molar-refractivity contribution in [3.63, 3.8) is 0 Å². The van der Waals surface area contributed by atoms with E-state index in [2.05, 4.69) is 34.6 Å². The molecule has 4 fully saturated rings. The Kier molecular flexibility index (Phi) is 7.30. The maximum absolute atomic E-state index is 13.5. The van der Waals surface area contributed by atoms with E-state index >= 15 is 0 Å². The van der Waals surface area contributed by atoms with Crippen molar-refractivity contribution in [1.82, 2.24) is 0 Å². The first-order chi connectivity index (χ1) is 17.9. The molecule has 3 saturated carbocycles. The first-order valence-electron chi connectivity index (χ1n) is 15.3. The Bertz CT molecular complexity index is 1000. The lowest BCUT2D eigenvalue weighted by atomic mass is 9.45. The zero-order valence-electron chi connectivity index (χ0n) is 25.1. The second-order valence-corrected chi connectivity index (χ2v) is 15.4. The molecular formula is C32H52O7. The minimum atomic E-state index is -1.14. The molecule has 0 aromatic heterocycles. The van der Waals surface area contributed by atoms with Crippen LogP contribution in [0.3, 0.4) is 0 Å². The Balaban J connectivity index is 1.49. The number of aliphatic hydroxyl groups is 4. The van der Waals surface area contributed by atoms with Crippen molar-refractivity contribution in [3.8, 4) is 0 Å². The Morgan fingerprint density at radius 3 is 2.41 bits per heavy atom. The monoisotopic (exact) mass is 548 g/mol. The summed E-state index contributed by atoms with van der Waals surface area (Å²) in [6.45, 7) is 14.4. The van der Waals surface area contributed by atoms with Gasteiger partial charge in [-0.1, -0.05) is 27.7 Å². The van der Waals surface area contributed by atoms with Crippen LogP contribution in [0.2, 0.25) is 0 Å². The molecule has 5 aliphatic rings. The van der Waals surface area contributed by atoms with Gasteiger partial charge < -0.3 is 29.9 Å². The fourth-order valence-electron chi connectivity index (χ4n) is 9.63. The minimum absolute atomic E-state index is 0.00704. The third-order valence-corrected chi connectivity index (χ3v) is 11.8. The van der Waals surface area contributed by atoms with Crippen molar-refractivity contribution in [2.75, 3.05) is 0 Å². The van der Waals surface area contributed by atoms with Crippen molar-refractivity contribution >= 4 is 5.78 Å². The highest BCUT2D eigenvalue weighted by Crippen LogP contribution is 2.69. The smallest absolute Gasteiger partial charge is 0.159 e. The lowest BCUT2D eigenvalue weighted by Gasteiger charge is -2.60. The van der Waals surface area contributed by atoms with Crippen LogP contribution < -0.4 is 0 Å². The van der Waals surface area contributed by atoms with Gasteiger partial charge in [0.15, 0.2) is 12.1 Å². The molecular weight excluding hydrogens is 496 g/mol. The van der Waals surface area contributed by atoms with E-state index in [0.29, 0.717) is 31.6 Å². The molecule has 0 spiro atoms. The molecule has 0 aromatic carbocycles. The third-order valence-electron chi connectivity index (χ3n) is 11.8. The summed E-state index contributed by atoms with van der Waals surface area (Å²) in [6.07, 6.45) is 5.09. The largest absolute Gasteiger partial charge is 0.390 e. The second kappa shape index (κ2) is 9.60. The average Bonchev–Trinajstić information content (AvgIpc) is 3.27. The number of ketones is 1. The zero-order chi connectivity index (χ0) is 28.8. The van der Waals surface area contributed by atoms with Gasteiger partial charge in [0.2, 0.25) is 0 Å². The van der Waals surface area contributed by atoms with Crippen LogP contribution in [0.5, 0.6) is 0 Å². The lowest BCUT2D eigenvalue weighted by Crippen LogP contribution is -2.62. The summed E-state index contributed by atoms with van der Waals surface area (Å²) in [7, 11) is 0. The lowest BCUT2D eigenvalue weighted by molar-refractivity contribution is -0.169. The van der Waals surface area contributed by atoms with Gasteiger partial charge >= 0.3 is 0 Å². The molecule has 5 rings (SSSR count). The van der Waals surface area contributed by atoms with Crippen LogP contribution in [-0.4, -0.2) is 67.6 Å². The molecule has 0 aromatic rings. The van der Waals surface area contributed by atoms with E-state index in [4.69, 9.17) is 9.47 Å². The van der Waals surface area contributed by atoms with Crippen molar-refractivity contribution in [2.45, 2.75) is 148 Å². The van der Waals surface area contributed by atoms with Crippen LogP contribution in [0.15, 0.2) is 11.6 Å². The van der Waals surface area contributed by atoms with Gasteiger partial charge in [0, 0.05) is 17.8 Å². The number of fused-ring (bicyclic) bond motifs is 5. The second-order valence-electron chi connectivity index (χ2n) is 15.4. The Morgan fingerprint density at radius 2 is 1.77 bits per heavy atom. The molecule has 4 N–H and O–H groups in total. The predicted molar refractivity (Wildman–Crippen MR) is 148 cm³/mol. The highest BCUT2D eigenvalue weighted by atomic mass is 16.7. The molecule has 7 heteroatoms. The fourth-order valence-corrected chi connectivity index (χ4v) is 9.63. The molecule has 0 bridgehead atoms. The van der Waals surface area contributed by atoms with Crippen molar-refractivity contribution in [1.29, 1.82) is 0 Å². The van der Waals surface area contributed by atoms with Gasteiger partial charge in [-0.25, -0.2) is 0 Å². The van der Waals surface area contributed by atoms with E-state index < -0.39 is 39.8 Å². The van der Waals surface area contributed by atoms with E-state index in [-0.39, 0.29) is 42.4 Å². The summed E-state index contributed by atoms with van der Waals surface area (Å²) in [5.74, 6) is 0.0623. The summed E-state index contributed by atoms with van der Waals surface area (Å²) in [6, 6.07) is 0. The summed E-state index contributed by atoms with van der Waals surface area (Å²) in [5.41, 5.74) is -2.74. The zero-order valence-corrected chi connectivity index (χ0v) is 25.1. The van der Waals surface area contributed by atoms with E-state index in [9.17, 15) is 25.2 Å². The summed E-state index contributed by atoms with van der Waals surface area (Å²) in [5, 5.41) is 44.1. The van der Waals surface area contributed by atoms with E-state index in [0.717, 1.165) is 31.3 Å². The van der Waals surface area contributed by atoms with Crippen molar-refractivity contribution < 1.29 is 34.7 Å². The molecule has 1 aliphatic heterocycles. The maximum atomic E-state index is 13.5. The Hall–Kier alpha value is -0.830. The first-order valence-corrected chi connectivity index (χ1v) is 15.3. The van der Waals surface area contributed by atoms with E-state index in [1.807, 2.05) is 13.8 Å². The molecule has 222 valence electrons. The van der Waals surface area contributed by atoms with Crippen LogP contribution in [0.25, 0.3) is 0 Å². The van der Waals surface area contributed by atoms with Gasteiger partial charge in [-0.05, 0) is 107 Å². The standard InChI is InChI=1S/C32H52O7/c1-18(2)14-27-38-26(10-11-28(3,4)36)31(7,39-27)25-9-13-32(37)20-15-22(33)21-16-23(34)24(35)17-29(21,5)19(20)8-12-30(25,32)6/h15,18-19,21,23-27,34-37H,8-14,16-17H2,1-7H3/t19-,21-,23+,24-,25-,26+,27-,29+,30+,31+,32+/m0/s1. The molecule has 0 radical (unpaired) electrons. The fraction of sp³-hybridized carbons (Fsp3) is 0.906. The van der Waals surface area contributed by atoms with Gasteiger partial charge in [0.25, 0.3) is 0 Å². The molecule has 1 heterocycles. The molecule has 0 amide bonds. The first kappa shape index (κ1) is 29.7. The SMILES string of the molecule is CC(C)C[C@H]1O[C@H](CCC(C)(C)O)[C@@](C)([C@H]2CC[C@@]3(O)C4=CC(=O)[C@@H]5C[C@@H](O)[C@@H](O)C[C@]5(C)[C@H]4CC[C@]23C)O1. The number of carbonyl (C=O) groups is 1. The molecule has 1 saturated heterocycles. The van der Waals surface area contributed by atoms with Crippen molar-refractivity contribution in [3.05, 3.63) is 11.6 Å². The third kappa shape index (κ3) is 4.58. The van der Waals surface area contributed by atoms with Crippen molar-refractivity contribution in [2.24, 2.45) is 34.5 Å². The van der Waals surface area contributed by atoms with E-state index in [1.54, 1.807) is 6.08 Å². The van der Waals surface area contributed by atoms with Gasteiger partial charge in [0.05, 0.1) is 35.1 Å². The minimum Gasteiger partial charge on any atom is -0.390 e. The number of aliphatic hydroxyl groups excluding tert-OH is 2. The summed E-state index contributed by atoms with van der Waals surface area (Å²) < 4.78 is 13.4. The normalized spacial score (nSPS) is 50.0. The van der Waals surface area contributed by atoms with Crippen LogP contribution in [0, 0.1) is 34.5 Å². The average molecular weight is 549 g/mol. The number of allylic oxidation sites excluding steroid dienone is 1. The number of carbonyl (C=O) groups excluding carboxylic acids is 1.